The van der Waals surface area contributed by atoms with Crippen LogP contribution in [0, 0.1) is 0 Å². The molecule has 0 aromatic carbocycles. The van der Waals surface area contributed by atoms with Crippen LogP contribution in [-0.2, 0) is 11.8 Å². The van der Waals surface area contributed by atoms with Gasteiger partial charge in [-0.3, -0.25) is 9.59 Å². The van der Waals surface area contributed by atoms with Crippen LogP contribution in [0.4, 0.5) is 0 Å². The topological polar surface area (TPSA) is 67.7 Å². The molecule has 1 aromatic heterocycles. The summed E-state index contributed by atoms with van der Waals surface area (Å²) in [5, 5.41) is 4.21. The summed E-state index contributed by atoms with van der Waals surface area (Å²) in [5.74, 6) is 0.384. The average Bonchev–Trinajstić information content (AvgIpc) is 3.25. The second-order valence-corrected chi connectivity index (χ2v) is 5.87. The summed E-state index contributed by atoms with van der Waals surface area (Å²) in [6.45, 7) is 3.20. The van der Waals surface area contributed by atoms with Crippen LogP contribution in [0.25, 0.3) is 0 Å². The van der Waals surface area contributed by atoms with E-state index in [4.69, 9.17) is 4.74 Å². The first-order valence-electron chi connectivity index (χ1n) is 7.89. The standard InChI is InChI=1S/C15H22N4O3/c1-17-14(22-11-13(20)18-6-2-3-7-18)10-12(16-17)15(21)19-8-4-5-9-19/h10H,2-9,11H2,1H3. The van der Waals surface area contributed by atoms with Crippen molar-refractivity contribution in [3.63, 3.8) is 0 Å². The Hall–Kier alpha value is -2.05. The number of hydrogen-bond donors (Lipinski definition) is 0. The second-order valence-electron chi connectivity index (χ2n) is 5.87. The van der Waals surface area contributed by atoms with Crippen molar-refractivity contribution in [2.75, 3.05) is 32.8 Å². The highest BCUT2D eigenvalue weighted by molar-refractivity contribution is 5.92. The minimum Gasteiger partial charge on any atom is -0.468 e. The van der Waals surface area contributed by atoms with Crippen molar-refractivity contribution in [3.05, 3.63) is 11.8 Å². The summed E-state index contributed by atoms with van der Waals surface area (Å²) < 4.78 is 7.06. The van der Waals surface area contributed by atoms with Gasteiger partial charge in [0, 0.05) is 39.3 Å². The van der Waals surface area contributed by atoms with E-state index in [1.807, 2.05) is 9.80 Å². The van der Waals surface area contributed by atoms with Crippen LogP contribution in [0.1, 0.15) is 36.2 Å². The first-order chi connectivity index (χ1) is 10.6. The van der Waals surface area contributed by atoms with Gasteiger partial charge in [0.1, 0.15) is 0 Å². The molecule has 3 rings (SSSR count). The number of hydrogen-bond acceptors (Lipinski definition) is 4. The second kappa shape index (κ2) is 6.37. The number of carbonyl (C=O) groups excluding carboxylic acids is 2. The fraction of sp³-hybridized carbons (Fsp3) is 0.667. The number of carbonyl (C=O) groups is 2. The Balaban J connectivity index is 1.59. The molecule has 120 valence electrons. The lowest BCUT2D eigenvalue weighted by Gasteiger charge is -2.15. The number of aryl methyl sites for hydroxylation is 1. The fourth-order valence-corrected chi connectivity index (χ4v) is 2.97. The molecule has 7 heteroatoms. The molecule has 2 aliphatic rings. The van der Waals surface area contributed by atoms with Gasteiger partial charge in [-0.05, 0) is 25.7 Å². The van der Waals surface area contributed by atoms with Gasteiger partial charge in [0.2, 0.25) is 5.88 Å². The van der Waals surface area contributed by atoms with Crippen molar-refractivity contribution in [3.8, 4) is 5.88 Å². The molecule has 0 bridgehead atoms. The lowest BCUT2D eigenvalue weighted by atomic mass is 10.4. The van der Waals surface area contributed by atoms with E-state index < -0.39 is 0 Å². The van der Waals surface area contributed by atoms with Crippen LogP contribution >= 0.6 is 0 Å². The number of amides is 2. The first kappa shape index (κ1) is 14.9. The first-order valence-corrected chi connectivity index (χ1v) is 7.89. The minimum atomic E-state index is -0.0613. The maximum absolute atomic E-state index is 12.3. The molecule has 3 heterocycles. The molecule has 7 nitrogen and oxygen atoms in total. The maximum atomic E-state index is 12.3. The summed E-state index contributed by atoms with van der Waals surface area (Å²) in [6, 6.07) is 1.62. The Morgan fingerprint density at radius 2 is 1.68 bits per heavy atom. The zero-order chi connectivity index (χ0) is 15.5. The Morgan fingerprint density at radius 1 is 1.09 bits per heavy atom. The van der Waals surface area contributed by atoms with Gasteiger partial charge in [0.25, 0.3) is 11.8 Å². The van der Waals surface area contributed by atoms with Crippen LogP contribution in [0.2, 0.25) is 0 Å². The van der Waals surface area contributed by atoms with E-state index in [0.29, 0.717) is 11.6 Å². The van der Waals surface area contributed by atoms with Crippen molar-refractivity contribution in [2.45, 2.75) is 25.7 Å². The quantitative estimate of drug-likeness (QED) is 0.819. The van der Waals surface area contributed by atoms with E-state index >= 15 is 0 Å². The lowest BCUT2D eigenvalue weighted by Crippen LogP contribution is -2.32. The van der Waals surface area contributed by atoms with Gasteiger partial charge in [0.15, 0.2) is 12.3 Å². The Labute approximate surface area is 129 Å². The zero-order valence-corrected chi connectivity index (χ0v) is 13.0. The van der Waals surface area contributed by atoms with Crippen LogP contribution in [-0.4, -0.2) is 64.2 Å². The van der Waals surface area contributed by atoms with Gasteiger partial charge >= 0.3 is 0 Å². The highest BCUT2D eigenvalue weighted by Crippen LogP contribution is 2.17. The maximum Gasteiger partial charge on any atom is 0.274 e. The molecule has 2 amide bonds. The van der Waals surface area contributed by atoms with Crippen LogP contribution in [0.3, 0.4) is 0 Å². The highest BCUT2D eigenvalue weighted by atomic mass is 16.5. The Kier molecular flexibility index (Phi) is 4.31. The van der Waals surface area contributed by atoms with E-state index in [1.54, 1.807) is 13.1 Å². The predicted octanol–water partition coefficient (Wildman–Crippen LogP) is 0.657. The van der Waals surface area contributed by atoms with Gasteiger partial charge < -0.3 is 14.5 Å². The van der Waals surface area contributed by atoms with Gasteiger partial charge in [-0.2, -0.15) is 5.10 Å². The minimum absolute atomic E-state index is 0.00310. The number of nitrogens with zero attached hydrogens (tertiary/aromatic N) is 4. The van der Waals surface area contributed by atoms with Crippen molar-refractivity contribution < 1.29 is 14.3 Å². The largest absolute Gasteiger partial charge is 0.468 e. The molecule has 0 N–H and O–H groups in total. The van der Waals surface area contributed by atoms with E-state index in [0.717, 1.165) is 51.9 Å². The SMILES string of the molecule is Cn1nc(C(=O)N2CCCC2)cc1OCC(=O)N1CCCC1. The van der Waals surface area contributed by atoms with Crippen molar-refractivity contribution in [1.29, 1.82) is 0 Å². The summed E-state index contributed by atoms with van der Waals surface area (Å²) in [7, 11) is 1.72. The molecule has 0 aliphatic carbocycles. The van der Waals surface area contributed by atoms with Crippen LogP contribution in [0.15, 0.2) is 6.07 Å². The third-order valence-electron chi connectivity index (χ3n) is 4.25. The van der Waals surface area contributed by atoms with Crippen LogP contribution in [0.5, 0.6) is 5.88 Å². The van der Waals surface area contributed by atoms with Gasteiger partial charge in [-0.1, -0.05) is 0 Å². The molecule has 2 saturated heterocycles. The number of rotatable bonds is 4. The molecule has 0 atom stereocenters. The van der Waals surface area contributed by atoms with Crippen molar-refractivity contribution >= 4 is 11.8 Å². The normalized spacial score (nSPS) is 18.0. The Bertz CT molecular complexity index is 557. The number of aromatic nitrogens is 2. The monoisotopic (exact) mass is 306 g/mol. The average molecular weight is 306 g/mol. The molecule has 0 unspecified atom stereocenters. The molecule has 1 aromatic rings. The zero-order valence-electron chi connectivity index (χ0n) is 13.0. The summed E-state index contributed by atoms with van der Waals surface area (Å²) in [4.78, 5) is 27.9. The van der Waals surface area contributed by atoms with E-state index in [9.17, 15) is 9.59 Å². The molecule has 0 radical (unpaired) electrons. The third kappa shape index (κ3) is 3.08. The molecule has 0 saturated carbocycles. The molecular formula is C15H22N4O3. The summed E-state index contributed by atoms with van der Waals surface area (Å²) in [5.41, 5.74) is 0.382. The molecule has 22 heavy (non-hydrogen) atoms. The van der Waals surface area contributed by atoms with E-state index in [-0.39, 0.29) is 18.4 Å². The van der Waals surface area contributed by atoms with Crippen molar-refractivity contribution in [1.82, 2.24) is 19.6 Å². The highest BCUT2D eigenvalue weighted by Gasteiger charge is 2.24. The number of ether oxygens (including phenoxy) is 1. The summed E-state index contributed by atoms with van der Waals surface area (Å²) >= 11 is 0. The third-order valence-corrected chi connectivity index (χ3v) is 4.25. The molecule has 0 spiro atoms. The smallest absolute Gasteiger partial charge is 0.274 e. The van der Waals surface area contributed by atoms with Gasteiger partial charge in [-0.15, -0.1) is 0 Å². The fourth-order valence-electron chi connectivity index (χ4n) is 2.97. The predicted molar refractivity (Wildman–Crippen MR) is 79.7 cm³/mol. The van der Waals surface area contributed by atoms with E-state index in [2.05, 4.69) is 5.10 Å². The molecule has 2 fully saturated rings. The van der Waals surface area contributed by atoms with Gasteiger partial charge in [0.05, 0.1) is 0 Å². The van der Waals surface area contributed by atoms with Crippen LogP contribution < -0.4 is 4.74 Å². The van der Waals surface area contributed by atoms with E-state index in [1.165, 1.54) is 4.68 Å². The molecular weight excluding hydrogens is 284 g/mol. The van der Waals surface area contributed by atoms with Crippen molar-refractivity contribution in [2.24, 2.45) is 7.05 Å². The number of likely N-dealkylation sites (tertiary alicyclic amines) is 2. The van der Waals surface area contributed by atoms with Gasteiger partial charge in [-0.25, -0.2) is 4.68 Å². The summed E-state index contributed by atoms with van der Waals surface area (Å²) in [6.07, 6.45) is 4.22. The lowest BCUT2D eigenvalue weighted by molar-refractivity contribution is -0.132. The Morgan fingerprint density at radius 3 is 2.32 bits per heavy atom. The molecule has 2 aliphatic heterocycles.